The zero-order valence-electron chi connectivity index (χ0n) is 12.2. The van der Waals surface area contributed by atoms with E-state index < -0.39 is 10.0 Å². The molecular weight excluding hydrogens is 280 g/mol. The molecule has 0 saturated heterocycles. The van der Waals surface area contributed by atoms with Crippen molar-refractivity contribution in [1.82, 2.24) is 10.0 Å². The van der Waals surface area contributed by atoms with Crippen LogP contribution in [0.5, 0.6) is 0 Å². The summed E-state index contributed by atoms with van der Waals surface area (Å²) in [6.45, 7) is 4.06. The second-order valence-electron chi connectivity index (χ2n) is 5.21. The molecule has 2 atom stereocenters. The molecule has 1 fully saturated rings. The maximum Gasteiger partial charge on any atom is 0.211 e. The zero-order valence-corrected chi connectivity index (χ0v) is 13.8. The molecule has 0 spiro atoms. The Morgan fingerprint density at radius 3 is 2.68 bits per heavy atom. The fourth-order valence-corrected chi connectivity index (χ4v) is 4.94. The number of rotatable bonds is 10. The topological polar surface area (TPSA) is 58.2 Å². The normalized spacial score (nSPS) is 23.9. The molecule has 0 aliphatic heterocycles. The molecule has 0 aromatic heterocycles. The van der Waals surface area contributed by atoms with Gasteiger partial charge in [-0.2, -0.15) is 11.8 Å². The van der Waals surface area contributed by atoms with E-state index in [2.05, 4.69) is 23.2 Å². The first kappa shape index (κ1) is 17.3. The minimum absolute atomic E-state index is 0.151. The lowest BCUT2D eigenvalue weighted by Gasteiger charge is -2.19. The van der Waals surface area contributed by atoms with E-state index in [0.717, 1.165) is 51.6 Å². The minimum Gasteiger partial charge on any atom is -0.317 e. The number of hydrogen-bond acceptors (Lipinski definition) is 4. The van der Waals surface area contributed by atoms with E-state index in [9.17, 15) is 8.42 Å². The average molecular weight is 309 g/mol. The lowest BCUT2D eigenvalue weighted by Crippen LogP contribution is -2.39. The molecule has 1 aliphatic rings. The van der Waals surface area contributed by atoms with Crippen LogP contribution in [-0.2, 0) is 10.0 Å². The van der Waals surface area contributed by atoms with E-state index in [0.29, 0.717) is 5.25 Å². The molecule has 0 heterocycles. The van der Waals surface area contributed by atoms with Gasteiger partial charge in [0.1, 0.15) is 0 Å². The van der Waals surface area contributed by atoms with Crippen LogP contribution in [0.2, 0.25) is 0 Å². The highest BCUT2D eigenvalue weighted by molar-refractivity contribution is 7.99. The maximum atomic E-state index is 12.0. The molecule has 0 radical (unpaired) electrons. The molecule has 1 rings (SSSR count). The number of thioether (sulfide) groups is 1. The summed E-state index contributed by atoms with van der Waals surface area (Å²) in [5.74, 6) is 0.262. The molecule has 114 valence electrons. The van der Waals surface area contributed by atoms with Gasteiger partial charge >= 0.3 is 0 Å². The predicted octanol–water partition coefficient (Wildman–Crippen LogP) is 1.97. The van der Waals surface area contributed by atoms with Crippen LogP contribution in [0.4, 0.5) is 0 Å². The molecule has 19 heavy (non-hydrogen) atoms. The van der Waals surface area contributed by atoms with Crippen molar-refractivity contribution >= 4 is 21.8 Å². The van der Waals surface area contributed by atoms with Crippen LogP contribution < -0.4 is 10.0 Å². The fourth-order valence-electron chi connectivity index (χ4n) is 2.48. The summed E-state index contributed by atoms with van der Waals surface area (Å²) in [6, 6.07) is 0.151. The van der Waals surface area contributed by atoms with E-state index in [1.165, 1.54) is 0 Å². The lowest BCUT2D eigenvalue weighted by molar-refractivity contribution is 0.549. The van der Waals surface area contributed by atoms with Gasteiger partial charge in [-0.3, -0.25) is 0 Å². The summed E-state index contributed by atoms with van der Waals surface area (Å²) >= 11 is 1.78. The number of nitrogens with one attached hydrogen (secondary N) is 2. The molecule has 0 aromatic rings. The van der Waals surface area contributed by atoms with Crippen molar-refractivity contribution in [1.29, 1.82) is 0 Å². The van der Waals surface area contributed by atoms with Gasteiger partial charge in [0.15, 0.2) is 0 Å². The molecule has 0 aromatic carbocycles. The smallest absolute Gasteiger partial charge is 0.211 e. The minimum atomic E-state index is -3.09. The Kier molecular flexibility index (Phi) is 8.37. The van der Waals surface area contributed by atoms with Crippen LogP contribution in [0.1, 0.15) is 45.4 Å². The molecule has 4 nitrogen and oxygen atoms in total. The van der Waals surface area contributed by atoms with Gasteiger partial charge in [-0.25, -0.2) is 13.1 Å². The highest BCUT2D eigenvalue weighted by Gasteiger charge is 2.29. The Hall–Kier alpha value is 0.220. The van der Waals surface area contributed by atoms with Crippen molar-refractivity contribution in [2.45, 2.75) is 56.7 Å². The van der Waals surface area contributed by atoms with Gasteiger partial charge < -0.3 is 5.32 Å². The van der Waals surface area contributed by atoms with Crippen LogP contribution in [0.15, 0.2) is 0 Å². The number of hydrogen-bond donors (Lipinski definition) is 2. The largest absolute Gasteiger partial charge is 0.317 e. The van der Waals surface area contributed by atoms with Gasteiger partial charge in [0.2, 0.25) is 10.0 Å². The predicted molar refractivity (Wildman–Crippen MR) is 84.3 cm³/mol. The third-order valence-corrected chi connectivity index (χ3v) is 6.19. The second kappa shape index (κ2) is 9.21. The van der Waals surface area contributed by atoms with Gasteiger partial charge in [0.05, 0.1) is 5.75 Å². The van der Waals surface area contributed by atoms with Gasteiger partial charge in [-0.1, -0.05) is 13.3 Å². The van der Waals surface area contributed by atoms with E-state index in [1.807, 2.05) is 0 Å². The highest BCUT2D eigenvalue weighted by Crippen LogP contribution is 2.28. The molecule has 1 saturated carbocycles. The first-order valence-corrected chi connectivity index (χ1v) is 10.3. The molecule has 6 heteroatoms. The van der Waals surface area contributed by atoms with Crippen LogP contribution in [0, 0.1) is 0 Å². The van der Waals surface area contributed by atoms with E-state index in [-0.39, 0.29) is 11.8 Å². The standard InChI is InChI=1S/C13H28N2O2S2/c1-3-9-14-10-4-5-11-19(16,17)15-12-7-6-8-13(12)18-2/h12-15H,3-11H2,1-2H3. The van der Waals surface area contributed by atoms with Gasteiger partial charge in [0, 0.05) is 11.3 Å². The van der Waals surface area contributed by atoms with Crippen molar-refractivity contribution < 1.29 is 8.42 Å². The first-order chi connectivity index (χ1) is 9.09. The molecule has 2 N–H and O–H groups in total. The van der Waals surface area contributed by atoms with Crippen LogP contribution in [-0.4, -0.2) is 44.8 Å². The van der Waals surface area contributed by atoms with Crippen molar-refractivity contribution in [3.8, 4) is 0 Å². The summed E-state index contributed by atoms with van der Waals surface area (Å²) in [6.07, 6.45) is 8.12. The van der Waals surface area contributed by atoms with Crippen LogP contribution in [0.25, 0.3) is 0 Å². The molecule has 0 bridgehead atoms. The summed E-state index contributed by atoms with van der Waals surface area (Å²) < 4.78 is 26.9. The second-order valence-corrected chi connectivity index (χ2v) is 8.16. The third-order valence-electron chi connectivity index (χ3n) is 3.53. The fraction of sp³-hybridized carbons (Fsp3) is 1.00. The van der Waals surface area contributed by atoms with Crippen LogP contribution in [0.3, 0.4) is 0 Å². The Labute approximate surface area is 122 Å². The average Bonchev–Trinajstić information content (AvgIpc) is 2.80. The Bertz CT molecular complexity index is 334. The lowest BCUT2D eigenvalue weighted by atomic mass is 10.3. The van der Waals surface area contributed by atoms with E-state index >= 15 is 0 Å². The Morgan fingerprint density at radius 1 is 1.21 bits per heavy atom. The van der Waals surface area contributed by atoms with Gasteiger partial charge in [-0.15, -0.1) is 0 Å². The molecule has 1 aliphatic carbocycles. The number of unbranched alkanes of at least 4 members (excludes halogenated alkanes) is 1. The Balaban J connectivity index is 2.20. The number of sulfonamides is 1. The van der Waals surface area contributed by atoms with Gasteiger partial charge in [0.25, 0.3) is 0 Å². The van der Waals surface area contributed by atoms with Crippen molar-refractivity contribution in [3.63, 3.8) is 0 Å². The van der Waals surface area contributed by atoms with E-state index in [4.69, 9.17) is 0 Å². The molecule has 2 unspecified atom stereocenters. The van der Waals surface area contributed by atoms with Crippen molar-refractivity contribution in [2.75, 3.05) is 25.1 Å². The van der Waals surface area contributed by atoms with Crippen LogP contribution >= 0.6 is 11.8 Å². The molecule has 0 amide bonds. The zero-order chi connectivity index (χ0) is 14.1. The molecular formula is C13H28N2O2S2. The summed E-state index contributed by atoms with van der Waals surface area (Å²) in [7, 11) is -3.09. The highest BCUT2D eigenvalue weighted by atomic mass is 32.2. The Morgan fingerprint density at radius 2 is 2.00 bits per heavy atom. The maximum absolute atomic E-state index is 12.0. The first-order valence-electron chi connectivity index (χ1n) is 7.32. The third kappa shape index (κ3) is 6.97. The summed E-state index contributed by atoms with van der Waals surface area (Å²) in [4.78, 5) is 0. The summed E-state index contributed by atoms with van der Waals surface area (Å²) in [5.41, 5.74) is 0. The van der Waals surface area contributed by atoms with Gasteiger partial charge in [-0.05, 0) is 51.4 Å². The van der Waals surface area contributed by atoms with Crippen molar-refractivity contribution in [3.05, 3.63) is 0 Å². The van der Waals surface area contributed by atoms with Crippen molar-refractivity contribution in [2.24, 2.45) is 0 Å². The van der Waals surface area contributed by atoms with E-state index in [1.54, 1.807) is 11.8 Å². The summed E-state index contributed by atoms with van der Waals surface area (Å²) in [5, 5.41) is 3.75. The monoisotopic (exact) mass is 308 g/mol. The SMILES string of the molecule is CCCNCCCCS(=O)(=O)NC1CCCC1SC. The quantitative estimate of drug-likeness (QED) is 0.606.